The van der Waals surface area contributed by atoms with Gasteiger partial charge in [-0.25, -0.2) is 0 Å². The SMILES string of the molecule is CC12C[C]3CC(C1)CC(CO)(C3)C2. The molecule has 0 spiro atoms. The van der Waals surface area contributed by atoms with Gasteiger partial charge in [0.05, 0.1) is 0 Å². The van der Waals surface area contributed by atoms with Crippen molar-refractivity contribution in [3.63, 3.8) is 0 Å². The highest BCUT2D eigenvalue weighted by atomic mass is 16.3. The van der Waals surface area contributed by atoms with Gasteiger partial charge in [0.1, 0.15) is 0 Å². The molecule has 0 saturated heterocycles. The second-order valence-corrected chi connectivity index (χ2v) is 6.23. The summed E-state index contributed by atoms with van der Waals surface area (Å²) in [5, 5.41) is 9.53. The summed E-state index contributed by atoms with van der Waals surface area (Å²) in [6.07, 6.45) is 8.02. The quantitative estimate of drug-likeness (QED) is 0.656. The van der Waals surface area contributed by atoms with Crippen molar-refractivity contribution in [1.82, 2.24) is 0 Å². The molecule has 4 fully saturated rings. The zero-order chi connectivity index (χ0) is 9.10. The van der Waals surface area contributed by atoms with E-state index < -0.39 is 0 Å². The lowest BCUT2D eigenvalue weighted by Crippen LogP contribution is -2.51. The smallest absolute Gasteiger partial charge is 0.0487 e. The zero-order valence-electron chi connectivity index (χ0n) is 8.47. The van der Waals surface area contributed by atoms with Gasteiger partial charge >= 0.3 is 0 Å². The van der Waals surface area contributed by atoms with Crippen LogP contribution in [0.4, 0.5) is 0 Å². The van der Waals surface area contributed by atoms with E-state index in [1.807, 2.05) is 0 Å². The maximum Gasteiger partial charge on any atom is 0.0487 e. The van der Waals surface area contributed by atoms with Crippen molar-refractivity contribution in [2.24, 2.45) is 16.7 Å². The Balaban J connectivity index is 1.95. The average molecular weight is 179 g/mol. The molecule has 1 nitrogen and oxygen atoms in total. The maximum atomic E-state index is 9.53. The van der Waals surface area contributed by atoms with Gasteiger partial charge in [-0.1, -0.05) is 6.92 Å². The lowest BCUT2D eigenvalue weighted by molar-refractivity contribution is -0.0751. The first kappa shape index (κ1) is 8.28. The van der Waals surface area contributed by atoms with Gasteiger partial charge in [-0.15, -0.1) is 0 Å². The molecule has 4 saturated carbocycles. The summed E-state index contributed by atoms with van der Waals surface area (Å²) < 4.78 is 0. The molecule has 0 aromatic carbocycles. The van der Waals surface area contributed by atoms with Gasteiger partial charge in [0.2, 0.25) is 0 Å². The van der Waals surface area contributed by atoms with Crippen LogP contribution in [0.1, 0.15) is 45.4 Å². The topological polar surface area (TPSA) is 20.2 Å². The van der Waals surface area contributed by atoms with Gasteiger partial charge in [-0.05, 0) is 61.2 Å². The van der Waals surface area contributed by atoms with Crippen LogP contribution in [0, 0.1) is 22.7 Å². The molecule has 73 valence electrons. The highest BCUT2D eigenvalue weighted by molar-refractivity contribution is 5.17. The van der Waals surface area contributed by atoms with Crippen LogP contribution in [0.25, 0.3) is 0 Å². The summed E-state index contributed by atoms with van der Waals surface area (Å²) in [4.78, 5) is 0. The maximum absolute atomic E-state index is 9.53. The van der Waals surface area contributed by atoms with Crippen LogP contribution in [0.3, 0.4) is 0 Å². The molecular formula is C12H19O. The van der Waals surface area contributed by atoms with E-state index in [9.17, 15) is 5.11 Å². The van der Waals surface area contributed by atoms with E-state index in [0.29, 0.717) is 17.4 Å². The number of hydrogen-bond acceptors (Lipinski definition) is 1. The van der Waals surface area contributed by atoms with Crippen LogP contribution < -0.4 is 0 Å². The fourth-order valence-electron chi connectivity index (χ4n) is 4.77. The van der Waals surface area contributed by atoms with Crippen molar-refractivity contribution in [2.75, 3.05) is 6.61 Å². The Morgan fingerprint density at radius 3 is 2.85 bits per heavy atom. The molecule has 0 aliphatic heterocycles. The molecule has 0 aromatic rings. The molecule has 0 heterocycles. The summed E-state index contributed by atoms with van der Waals surface area (Å²) >= 11 is 0. The second kappa shape index (κ2) is 2.31. The lowest BCUT2D eigenvalue weighted by atomic mass is 9.45. The van der Waals surface area contributed by atoms with E-state index in [1.165, 1.54) is 38.5 Å². The summed E-state index contributed by atoms with van der Waals surface area (Å²) in [5.74, 6) is 2.69. The van der Waals surface area contributed by atoms with Crippen LogP contribution >= 0.6 is 0 Å². The Labute approximate surface area is 80.5 Å². The van der Waals surface area contributed by atoms with Crippen LogP contribution in [-0.4, -0.2) is 11.7 Å². The van der Waals surface area contributed by atoms with Crippen LogP contribution in [0.15, 0.2) is 0 Å². The Bertz CT molecular complexity index is 219. The Morgan fingerprint density at radius 2 is 2.23 bits per heavy atom. The first-order valence-corrected chi connectivity index (χ1v) is 5.58. The lowest BCUT2D eigenvalue weighted by Gasteiger charge is -2.60. The summed E-state index contributed by atoms with van der Waals surface area (Å²) in [6, 6.07) is 0. The normalized spacial score (nSPS) is 54.5. The highest BCUT2D eigenvalue weighted by Crippen LogP contribution is 2.65. The predicted molar refractivity (Wildman–Crippen MR) is 52.1 cm³/mol. The molecular weight excluding hydrogens is 160 g/mol. The number of hydrogen-bond donors (Lipinski definition) is 1. The van der Waals surface area contributed by atoms with E-state index in [-0.39, 0.29) is 0 Å². The van der Waals surface area contributed by atoms with Crippen LogP contribution in [0.5, 0.6) is 0 Å². The fraction of sp³-hybridized carbons (Fsp3) is 0.917. The minimum absolute atomic E-state index is 0.323. The Morgan fingerprint density at radius 1 is 1.38 bits per heavy atom. The summed E-state index contributed by atoms with van der Waals surface area (Å²) in [7, 11) is 0. The third-order valence-corrected chi connectivity index (χ3v) is 4.52. The first-order valence-electron chi connectivity index (χ1n) is 5.58. The molecule has 4 rings (SSSR count). The molecule has 3 unspecified atom stereocenters. The van der Waals surface area contributed by atoms with Crippen LogP contribution in [-0.2, 0) is 0 Å². The third kappa shape index (κ3) is 1.09. The highest BCUT2D eigenvalue weighted by Gasteiger charge is 2.55. The number of aliphatic hydroxyl groups excluding tert-OH is 1. The predicted octanol–water partition coefficient (Wildman–Crippen LogP) is 2.54. The van der Waals surface area contributed by atoms with Crippen molar-refractivity contribution in [3.05, 3.63) is 5.92 Å². The van der Waals surface area contributed by atoms with Crippen molar-refractivity contribution >= 4 is 0 Å². The first-order chi connectivity index (χ1) is 6.13. The zero-order valence-corrected chi connectivity index (χ0v) is 8.47. The van der Waals surface area contributed by atoms with Gasteiger partial charge < -0.3 is 5.11 Å². The monoisotopic (exact) mass is 179 g/mol. The van der Waals surface area contributed by atoms with E-state index >= 15 is 0 Å². The van der Waals surface area contributed by atoms with Gasteiger partial charge in [0.15, 0.2) is 0 Å². The van der Waals surface area contributed by atoms with E-state index in [0.717, 1.165) is 5.92 Å². The van der Waals surface area contributed by atoms with Crippen molar-refractivity contribution in [1.29, 1.82) is 0 Å². The number of aliphatic hydroxyl groups is 1. The van der Waals surface area contributed by atoms with E-state index in [2.05, 4.69) is 6.92 Å². The van der Waals surface area contributed by atoms with Gasteiger partial charge in [0, 0.05) is 6.61 Å². The van der Waals surface area contributed by atoms with E-state index in [1.54, 1.807) is 5.92 Å². The summed E-state index contributed by atoms with van der Waals surface area (Å²) in [5.41, 5.74) is 0.890. The van der Waals surface area contributed by atoms with Gasteiger partial charge in [0.25, 0.3) is 0 Å². The average Bonchev–Trinajstić information content (AvgIpc) is 1.99. The molecule has 0 aromatic heterocycles. The van der Waals surface area contributed by atoms with E-state index in [4.69, 9.17) is 0 Å². The number of rotatable bonds is 1. The molecule has 3 atom stereocenters. The van der Waals surface area contributed by atoms with Crippen molar-refractivity contribution in [2.45, 2.75) is 45.4 Å². The second-order valence-electron chi connectivity index (χ2n) is 6.23. The molecule has 1 N–H and O–H groups in total. The molecule has 13 heavy (non-hydrogen) atoms. The van der Waals surface area contributed by atoms with Gasteiger partial charge in [-0.3, -0.25) is 0 Å². The van der Waals surface area contributed by atoms with Crippen molar-refractivity contribution in [3.8, 4) is 0 Å². The molecule has 4 aliphatic carbocycles. The standard InChI is InChI=1S/C12H19O/c1-11-3-9-2-10(4-11)6-12(5-9,7-11)8-13/h9,13H,2-8H2,1H3. The Kier molecular flexibility index (Phi) is 1.47. The molecule has 1 radical (unpaired) electrons. The van der Waals surface area contributed by atoms with Crippen LogP contribution in [0.2, 0.25) is 0 Å². The Hall–Kier alpha value is -0.0400. The minimum atomic E-state index is 0.323. The minimum Gasteiger partial charge on any atom is -0.396 e. The molecule has 1 heteroatoms. The summed E-state index contributed by atoms with van der Waals surface area (Å²) in [6.45, 7) is 2.87. The third-order valence-electron chi connectivity index (χ3n) is 4.52. The molecule has 0 amide bonds. The fourth-order valence-corrected chi connectivity index (χ4v) is 4.77. The largest absolute Gasteiger partial charge is 0.396 e. The molecule has 4 bridgehead atoms. The molecule has 4 aliphatic rings. The van der Waals surface area contributed by atoms with Crippen molar-refractivity contribution < 1.29 is 5.11 Å². The van der Waals surface area contributed by atoms with Gasteiger partial charge in [-0.2, -0.15) is 0 Å².